The van der Waals surface area contributed by atoms with Crippen molar-refractivity contribution in [3.05, 3.63) is 48.0 Å². The first-order chi connectivity index (χ1) is 8.33. The second-order valence-electron chi connectivity index (χ2n) is 5.58. The van der Waals surface area contributed by atoms with Gasteiger partial charge in [-0.3, -0.25) is 0 Å². The summed E-state index contributed by atoms with van der Waals surface area (Å²) in [6.07, 6.45) is 7.66. The predicted molar refractivity (Wildman–Crippen MR) is 71.7 cm³/mol. The summed E-state index contributed by atoms with van der Waals surface area (Å²) in [5, 5.41) is 3.69. The summed E-state index contributed by atoms with van der Waals surface area (Å²) >= 11 is 0. The zero-order valence-corrected chi connectivity index (χ0v) is 10.5. The van der Waals surface area contributed by atoms with Crippen molar-refractivity contribution in [2.75, 3.05) is 6.54 Å². The van der Waals surface area contributed by atoms with Gasteiger partial charge >= 0.3 is 0 Å². The monoisotopic (exact) mass is 227 g/mol. The summed E-state index contributed by atoms with van der Waals surface area (Å²) in [6.45, 7) is 3.43. The Hall–Kier alpha value is -1.08. The van der Waals surface area contributed by atoms with Crippen molar-refractivity contribution in [3.63, 3.8) is 0 Å². The molecule has 1 N–H and O–H groups in total. The molecule has 0 amide bonds. The van der Waals surface area contributed by atoms with Gasteiger partial charge in [-0.1, -0.05) is 42.5 Å². The van der Waals surface area contributed by atoms with E-state index in [0.29, 0.717) is 6.04 Å². The number of allylic oxidation sites excluding steroid dienone is 2. The summed E-state index contributed by atoms with van der Waals surface area (Å²) in [5.74, 6) is 2.62. The first-order valence-corrected chi connectivity index (χ1v) is 6.79. The van der Waals surface area contributed by atoms with Gasteiger partial charge in [0.15, 0.2) is 0 Å². The molecule has 2 aliphatic rings. The van der Waals surface area contributed by atoms with Crippen LogP contribution in [-0.2, 0) is 0 Å². The highest BCUT2D eigenvalue weighted by molar-refractivity contribution is 5.18. The number of benzene rings is 1. The maximum absolute atomic E-state index is 3.69. The molecule has 0 spiro atoms. The molecular formula is C16H21N. The van der Waals surface area contributed by atoms with Gasteiger partial charge in [0, 0.05) is 6.04 Å². The van der Waals surface area contributed by atoms with Gasteiger partial charge in [0.05, 0.1) is 0 Å². The number of rotatable bonds is 4. The van der Waals surface area contributed by atoms with E-state index in [1.807, 2.05) is 0 Å². The van der Waals surface area contributed by atoms with Crippen molar-refractivity contribution >= 4 is 0 Å². The largest absolute Gasteiger partial charge is 0.310 e. The van der Waals surface area contributed by atoms with Crippen LogP contribution in [0.2, 0.25) is 0 Å². The van der Waals surface area contributed by atoms with Gasteiger partial charge in [0.2, 0.25) is 0 Å². The third-order valence-corrected chi connectivity index (χ3v) is 4.40. The normalized spacial score (nSPS) is 31.9. The summed E-state index contributed by atoms with van der Waals surface area (Å²) in [7, 11) is 0. The Balaban J connectivity index is 1.53. The van der Waals surface area contributed by atoms with Crippen LogP contribution in [0.15, 0.2) is 42.5 Å². The average molecular weight is 227 g/mol. The van der Waals surface area contributed by atoms with Gasteiger partial charge in [-0.2, -0.15) is 0 Å². The Morgan fingerprint density at radius 1 is 1.18 bits per heavy atom. The maximum Gasteiger partial charge on any atom is 0.0291 e. The lowest BCUT2D eigenvalue weighted by Crippen LogP contribution is -2.27. The highest BCUT2D eigenvalue weighted by atomic mass is 14.9. The molecule has 0 aromatic heterocycles. The number of hydrogen-bond acceptors (Lipinski definition) is 1. The van der Waals surface area contributed by atoms with Crippen LogP contribution in [0.3, 0.4) is 0 Å². The quantitative estimate of drug-likeness (QED) is 0.776. The molecule has 1 nitrogen and oxygen atoms in total. The van der Waals surface area contributed by atoms with E-state index in [1.165, 1.54) is 24.9 Å². The van der Waals surface area contributed by atoms with Crippen LogP contribution in [0.1, 0.15) is 31.4 Å². The lowest BCUT2D eigenvalue weighted by molar-refractivity contribution is 0.393. The average Bonchev–Trinajstić information content (AvgIpc) is 2.99. The maximum atomic E-state index is 3.69. The van der Waals surface area contributed by atoms with E-state index in [1.54, 1.807) is 0 Å². The summed E-state index contributed by atoms with van der Waals surface area (Å²) in [5.41, 5.74) is 1.39. The van der Waals surface area contributed by atoms with Crippen LogP contribution in [0, 0.1) is 17.8 Å². The van der Waals surface area contributed by atoms with Crippen LogP contribution in [0.4, 0.5) is 0 Å². The van der Waals surface area contributed by atoms with Gasteiger partial charge in [-0.15, -0.1) is 0 Å². The first kappa shape index (κ1) is 11.0. The summed E-state index contributed by atoms with van der Waals surface area (Å²) < 4.78 is 0. The number of nitrogens with one attached hydrogen (secondary N) is 1. The van der Waals surface area contributed by atoms with Gasteiger partial charge in [0.25, 0.3) is 0 Å². The minimum absolute atomic E-state index is 0.472. The molecule has 2 bridgehead atoms. The second kappa shape index (κ2) is 4.66. The minimum atomic E-state index is 0.472. The second-order valence-corrected chi connectivity index (χ2v) is 5.58. The van der Waals surface area contributed by atoms with Gasteiger partial charge in [-0.25, -0.2) is 0 Å². The van der Waals surface area contributed by atoms with E-state index in [9.17, 15) is 0 Å². The molecule has 3 unspecified atom stereocenters. The first-order valence-electron chi connectivity index (χ1n) is 6.79. The van der Waals surface area contributed by atoms with Crippen LogP contribution < -0.4 is 5.32 Å². The molecule has 3 rings (SSSR count). The molecule has 1 fully saturated rings. The molecule has 1 aromatic carbocycles. The van der Waals surface area contributed by atoms with Crippen molar-refractivity contribution in [1.29, 1.82) is 0 Å². The van der Waals surface area contributed by atoms with Crippen LogP contribution in [0.25, 0.3) is 0 Å². The molecule has 0 saturated heterocycles. The Kier molecular flexibility index (Phi) is 3.02. The Morgan fingerprint density at radius 3 is 2.65 bits per heavy atom. The van der Waals surface area contributed by atoms with Gasteiger partial charge in [-0.05, 0) is 49.6 Å². The van der Waals surface area contributed by atoms with Crippen molar-refractivity contribution in [2.24, 2.45) is 17.8 Å². The molecule has 17 heavy (non-hydrogen) atoms. The molecule has 0 heterocycles. The van der Waals surface area contributed by atoms with Crippen LogP contribution in [0.5, 0.6) is 0 Å². The zero-order chi connectivity index (χ0) is 11.7. The molecule has 1 heteroatoms. The van der Waals surface area contributed by atoms with Crippen molar-refractivity contribution in [3.8, 4) is 0 Å². The smallest absolute Gasteiger partial charge is 0.0291 e. The van der Waals surface area contributed by atoms with Gasteiger partial charge in [0.1, 0.15) is 0 Å². The molecule has 2 aliphatic carbocycles. The van der Waals surface area contributed by atoms with Crippen molar-refractivity contribution in [1.82, 2.24) is 5.32 Å². The highest BCUT2D eigenvalue weighted by Gasteiger charge is 2.35. The fourth-order valence-corrected chi connectivity index (χ4v) is 3.32. The molecule has 4 atom stereocenters. The highest BCUT2D eigenvalue weighted by Crippen LogP contribution is 2.43. The van der Waals surface area contributed by atoms with Crippen molar-refractivity contribution < 1.29 is 0 Å². The fourth-order valence-electron chi connectivity index (χ4n) is 3.32. The standard InChI is InChI=1S/C16H21N/c1-12(14-5-3-2-4-6-14)17-11-16-10-13-7-8-15(16)9-13/h2-8,12-13,15-17H,9-11H2,1H3/t12-,13?,15?,16?/m0/s1. The lowest BCUT2D eigenvalue weighted by Gasteiger charge is -2.22. The van der Waals surface area contributed by atoms with Crippen LogP contribution >= 0.6 is 0 Å². The number of fused-ring (bicyclic) bond motifs is 2. The molecule has 0 aliphatic heterocycles. The predicted octanol–water partition coefficient (Wildman–Crippen LogP) is 3.55. The lowest BCUT2D eigenvalue weighted by atomic mass is 9.93. The van der Waals surface area contributed by atoms with E-state index in [0.717, 1.165) is 17.8 Å². The number of hydrogen-bond donors (Lipinski definition) is 1. The molecular weight excluding hydrogens is 206 g/mol. The van der Waals surface area contributed by atoms with E-state index < -0.39 is 0 Å². The molecule has 1 aromatic rings. The summed E-state index contributed by atoms with van der Waals surface area (Å²) in [4.78, 5) is 0. The minimum Gasteiger partial charge on any atom is -0.310 e. The Labute approximate surface area is 104 Å². The van der Waals surface area contributed by atoms with E-state index in [4.69, 9.17) is 0 Å². The Bertz CT molecular complexity index is 395. The Morgan fingerprint density at radius 2 is 2.00 bits per heavy atom. The third kappa shape index (κ3) is 2.30. The van der Waals surface area contributed by atoms with Crippen molar-refractivity contribution in [2.45, 2.75) is 25.8 Å². The van der Waals surface area contributed by atoms with E-state index >= 15 is 0 Å². The topological polar surface area (TPSA) is 12.0 Å². The van der Waals surface area contributed by atoms with E-state index in [2.05, 4.69) is 54.7 Å². The molecule has 0 radical (unpaired) electrons. The zero-order valence-electron chi connectivity index (χ0n) is 10.5. The fraction of sp³-hybridized carbons (Fsp3) is 0.500. The third-order valence-electron chi connectivity index (χ3n) is 4.40. The van der Waals surface area contributed by atoms with E-state index in [-0.39, 0.29) is 0 Å². The summed E-state index contributed by atoms with van der Waals surface area (Å²) in [6, 6.07) is 11.2. The van der Waals surface area contributed by atoms with Crippen LogP contribution in [-0.4, -0.2) is 6.54 Å². The van der Waals surface area contributed by atoms with Gasteiger partial charge < -0.3 is 5.32 Å². The SMILES string of the molecule is C[C@H](NCC1CC2C=CC1C2)c1ccccc1. The molecule has 90 valence electrons. The molecule has 1 saturated carbocycles.